The van der Waals surface area contributed by atoms with Crippen molar-refractivity contribution in [3.63, 3.8) is 0 Å². The zero-order valence-electron chi connectivity index (χ0n) is 16.1. The highest BCUT2D eigenvalue weighted by Crippen LogP contribution is 2.32. The van der Waals surface area contributed by atoms with Crippen molar-refractivity contribution in [1.29, 1.82) is 5.26 Å². The molecule has 3 aromatic rings. The molecule has 8 heteroatoms. The van der Waals surface area contributed by atoms with Crippen molar-refractivity contribution < 1.29 is 9.84 Å². The Morgan fingerprint density at radius 1 is 1.34 bits per heavy atom. The molecule has 0 radical (unpaired) electrons. The molecule has 2 N–H and O–H groups in total. The summed E-state index contributed by atoms with van der Waals surface area (Å²) in [5.74, 6) is 1.55. The number of anilines is 1. The van der Waals surface area contributed by atoms with Gasteiger partial charge in [0.25, 0.3) is 0 Å². The lowest BCUT2D eigenvalue weighted by Crippen LogP contribution is -2.67. The van der Waals surface area contributed by atoms with Crippen LogP contribution in [0.5, 0.6) is 5.75 Å². The van der Waals surface area contributed by atoms with Crippen LogP contribution in [0.3, 0.4) is 0 Å². The molecular weight excluding hydrogens is 368 g/mol. The highest BCUT2D eigenvalue weighted by Gasteiger charge is 2.36. The molecule has 0 spiro atoms. The van der Waals surface area contributed by atoms with Crippen molar-refractivity contribution in [1.82, 2.24) is 19.9 Å². The molecule has 6 rings (SSSR count). The molecule has 3 atom stereocenters. The zero-order valence-corrected chi connectivity index (χ0v) is 16.1. The third-order valence-electron chi connectivity index (χ3n) is 5.50. The fourth-order valence-electron chi connectivity index (χ4n) is 4.13. The van der Waals surface area contributed by atoms with Gasteiger partial charge in [-0.2, -0.15) is 10.4 Å². The fourth-order valence-corrected chi connectivity index (χ4v) is 4.13. The second kappa shape index (κ2) is 7.03. The van der Waals surface area contributed by atoms with E-state index >= 15 is 0 Å². The zero-order chi connectivity index (χ0) is 20.0. The van der Waals surface area contributed by atoms with Crippen LogP contribution in [0.25, 0.3) is 16.6 Å². The van der Waals surface area contributed by atoms with Gasteiger partial charge in [0.1, 0.15) is 24.2 Å². The molecule has 0 saturated carbocycles. The average Bonchev–Trinajstić information content (AvgIpc) is 3.14. The van der Waals surface area contributed by atoms with E-state index in [-0.39, 0.29) is 6.61 Å². The molecule has 3 aromatic heterocycles. The molecule has 2 bridgehead atoms. The van der Waals surface area contributed by atoms with Gasteiger partial charge >= 0.3 is 0 Å². The third kappa shape index (κ3) is 3.28. The smallest absolute Gasteiger partial charge is 0.138 e. The molecule has 3 aliphatic heterocycles. The summed E-state index contributed by atoms with van der Waals surface area (Å²) in [6, 6.07) is 9.27. The van der Waals surface area contributed by atoms with E-state index in [1.165, 1.54) is 6.42 Å². The lowest BCUT2D eigenvalue weighted by Gasteiger charge is -2.48. The number of nitriles is 1. The van der Waals surface area contributed by atoms with Crippen molar-refractivity contribution in [2.24, 2.45) is 0 Å². The maximum Gasteiger partial charge on any atom is 0.138 e. The second-order valence-electron chi connectivity index (χ2n) is 7.82. The van der Waals surface area contributed by atoms with E-state index in [1.54, 1.807) is 23.8 Å². The van der Waals surface area contributed by atoms with E-state index < -0.39 is 6.10 Å². The standard InChI is InChI=1S/C21H22N6O2/c1-13(28)12-29-18-5-19(21-15(6-22)8-24-27(21)11-18)14-2-3-20(23-7-14)26-9-16-4-17(10-26)25-16/h2-3,5,7-8,11,13,16-17,25,28H,4,9-10,12H2,1H3. The number of aliphatic hydroxyl groups excluding tert-OH is 1. The Hall–Kier alpha value is -3.15. The number of hydrogen-bond donors (Lipinski definition) is 2. The number of hydrogen-bond acceptors (Lipinski definition) is 7. The van der Waals surface area contributed by atoms with E-state index in [0.717, 1.165) is 35.6 Å². The Balaban J connectivity index is 1.50. The number of piperidine rings is 1. The van der Waals surface area contributed by atoms with Crippen molar-refractivity contribution in [3.8, 4) is 22.9 Å². The quantitative estimate of drug-likeness (QED) is 0.682. The molecule has 0 amide bonds. The lowest BCUT2D eigenvalue weighted by atomic mass is 9.91. The van der Waals surface area contributed by atoms with E-state index in [4.69, 9.17) is 4.74 Å². The van der Waals surface area contributed by atoms with Crippen LogP contribution in [0.15, 0.2) is 36.8 Å². The van der Waals surface area contributed by atoms with Gasteiger partial charge in [-0.05, 0) is 31.5 Å². The predicted octanol–water partition coefficient (Wildman–Crippen LogP) is 1.58. The topological polar surface area (TPSA) is 98.7 Å². The van der Waals surface area contributed by atoms with Gasteiger partial charge in [0, 0.05) is 42.5 Å². The van der Waals surface area contributed by atoms with E-state index in [2.05, 4.69) is 26.4 Å². The second-order valence-corrected chi connectivity index (χ2v) is 7.82. The molecule has 8 nitrogen and oxygen atoms in total. The molecule has 3 aliphatic rings. The van der Waals surface area contributed by atoms with Gasteiger partial charge in [-0.15, -0.1) is 0 Å². The molecule has 148 valence electrons. The number of aromatic nitrogens is 3. The van der Waals surface area contributed by atoms with Crippen LogP contribution >= 0.6 is 0 Å². The number of ether oxygens (including phenoxy) is 1. The average molecular weight is 390 g/mol. The van der Waals surface area contributed by atoms with Crippen molar-refractivity contribution >= 4 is 11.3 Å². The summed E-state index contributed by atoms with van der Waals surface area (Å²) in [7, 11) is 0. The largest absolute Gasteiger partial charge is 0.489 e. The first-order valence-electron chi connectivity index (χ1n) is 9.80. The van der Waals surface area contributed by atoms with Crippen LogP contribution in [-0.4, -0.2) is 57.6 Å². The first kappa shape index (κ1) is 17.9. The molecule has 0 aliphatic carbocycles. The maximum absolute atomic E-state index is 9.52. The lowest BCUT2D eigenvalue weighted by molar-refractivity contribution is 0.122. The fraction of sp³-hybridized carbons (Fsp3) is 0.381. The van der Waals surface area contributed by atoms with Crippen LogP contribution < -0.4 is 15.0 Å². The summed E-state index contributed by atoms with van der Waals surface area (Å²) in [5.41, 5.74) is 2.92. The highest BCUT2D eigenvalue weighted by molar-refractivity contribution is 5.85. The Bertz CT molecular complexity index is 1070. The van der Waals surface area contributed by atoms with E-state index in [1.807, 2.05) is 24.4 Å². The third-order valence-corrected chi connectivity index (χ3v) is 5.50. The number of nitrogens with one attached hydrogen (secondary N) is 1. The van der Waals surface area contributed by atoms with Gasteiger partial charge in [-0.3, -0.25) is 0 Å². The first-order chi connectivity index (χ1) is 14.1. The monoisotopic (exact) mass is 390 g/mol. The van der Waals surface area contributed by atoms with Gasteiger partial charge in [0.2, 0.25) is 0 Å². The number of aliphatic hydroxyl groups is 1. The summed E-state index contributed by atoms with van der Waals surface area (Å²) in [6.07, 6.45) is 5.78. The molecule has 29 heavy (non-hydrogen) atoms. The Labute approximate surface area is 168 Å². The number of rotatable bonds is 5. The Kier molecular flexibility index (Phi) is 4.34. The SMILES string of the molecule is CC(O)COc1cc(-c2ccc(N3CC4CC(C3)N4)nc2)c2c(C#N)cnn2c1. The summed E-state index contributed by atoms with van der Waals surface area (Å²) in [4.78, 5) is 7.00. The predicted molar refractivity (Wildman–Crippen MR) is 108 cm³/mol. The van der Waals surface area contributed by atoms with Crippen LogP contribution in [0.1, 0.15) is 18.9 Å². The maximum atomic E-state index is 9.52. The van der Waals surface area contributed by atoms with Gasteiger partial charge < -0.3 is 20.1 Å². The van der Waals surface area contributed by atoms with Crippen LogP contribution in [0.2, 0.25) is 0 Å². The number of nitrogens with zero attached hydrogens (tertiary/aromatic N) is 5. The Morgan fingerprint density at radius 3 is 2.79 bits per heavy atom. The number of piperazine rings is 1. The normalized spacial score (nSPS) is 21.5. The minimum absolute atomic E-state index is 0.180. The summed E-state index contributed by atoms with van der Waals surface area (Å²) in [6.45, 7) is 3.82. The van der Waals surface area contributed by atoms with E-state index in [9.17, 15) is 10.4 Å². The molecule has 3 saturated heterocycles. The minimum Gasteiger partial charge on any atom is -0.489 e. The number of pyridine rings is 2. The van der Waals surface area contributed by atoms with Gasteiger partial charge in [-0.1, -0.05) is 0 Å². The summed E-state index contributed by atoms with van der Waals surface area (Å²) >= 11 is 0. The highest BCUT2D eigenvalue weighted by atomic mass is 16.5. The Morgan fingerprint density at radius 2 is 2.14 bits per heavy atom. The van der Waals surface area contributed by atoms with Gasteiger partial charge in [0.15, 0.2) is 0 Å². The van der Waals surface area contributed by atoms with Crippen molar-refractivity contribution in [3.05, 3.63) is 42.4 Å². The summed E-state index contributed by atoms with van der Waals surface area (Å²) < 4.78 is 7.33. The molecule has 0 aromatic carbocycles. The minimum atomic E-state index is -0.576. The molecule has 3 unspecified atom stereocenters. The van der Waals surface area contributed by atoms with E-state index in [0.29, 0.717) is 23.4 Å². The molecule has 6 heterocycles. The van der Waals surface area contributed by atoms with Crippen LogP contribution in [0, 0.1) is 11.3 Å². The number of fused-ring (bicyclic) bond motifs is 3. The van der Waals surface area contributed by atoms with Crippen molar-refractivity contribution in [2.45, 2.75) is 31.5 Å². The van der Waals surface area contributed by atoms with Crippen LogP contribution in [0.4, 0.5) is 5.82 Å². The summed E-state index contributed by atoms with van der Waals surface area (Å²) in [5, 5.41) is 26.8. The first-order valence-corrected chi connectivity index (χ1v) is 9.80. The molecule has 3 fully saturated rings. The van der Waals surface area contributed by atoms with Gasteiger partial charge in [-0.25, -0.2) is 9.50 Å². The van der Waals surface area contributed by atoms with Crippen molar-refractivity contribution in [2.75, 3.05) is 24.6 Å². The van der Waals surface area contributed by atoms with Gasteiger partial charge in [0.05, 0.1) is 29.6 Å². The van der Waals surface area contributed by atoms with Crippen LogP contribution in [-0.2, 0) is 0 Å². The molecular formula is C21H22N6O2.